The molecule has 1 fully saturated rings. The van der Waals surface area contributed by atoms with Crippen LogP contribution in [0.2, 0.25) is 0 Å². The van der Waals surface area contributed by atoms with Crippen molar-refractivity contribution in [2.75, 3.05) is 39.4 Å². The molecule has 0 atom stereocenters. The fourth-order valence-electron chi connectivity index (χ4n) is 1.68. The number of aryl methyl sites for hydroxylation is 1. The number of aromatic amines is 1. The third kappa shape index (κ3) is 3.50. The summed E-state index contributed by atoms with van der Waals surface area (Å²) in [4.78, 5) is 17.8. The Bertz CT molecular complexity index is 373. The van der Waals surface area contributed by atoms with Gasteiger partial charge in [-0.15, -0.1) is 5.10 Å². The van der Waals surface area contributed by atoms with Crippen molar-refractivity contribution in [3.63, 3.8) is 0 Å². The molecular formula is C10H17N5O2. The maximum Gasteiger partial charge on any atom is 0.291 e. The first-order valence-electron chi connectivity index (χ1n) is 5.73. The highest BCUT2D eigenvalue weighted by molar-refractivity contribution is 5.90. The van der Waals surface area contributed by atoms with Gasteiger partial charge in [-0.2, -0.15) is 0 Å². The molecule has 0 spiro atoms. The Morgan fingerprint density at radius 2 is 2.29 bits per heavy atom. The van der Waals surface area contributed by atoms with Crippen LogP contribution in [0.15, 0.2) is 0 Å². The zero-order valence-electron chi connectivity index (χ0n) is 9.90. The van der Waals surface area contributed by atoms with Gasteiger partial charge in [0.1, 0.15) is 5.82 Å². The van der Waals surface area contributed by atoms with Gasteiger partial charge in [-0.05, 0) is 6.92 Å². The van der Waals surface area contributed by atoms with Crippen LogP contribution in [0.25, 0.3) is 0 Å². The van der Waals surface area contributed by atoms with Crippen LogP contribution in [0.4, 0.5) is 0 Å². The molecule has 2 rings (SSSR count). The third-order valence-corrected chi connectivity index (χ3v) is 2.62. The Hall–Kier alpha value is -1.47. The topological polar surface area (TPSA) is 83.1 Å². The average Bonchev–Trinajstić information content (AvgIpc) is 2.77. The molecule has 1 aliphatic heterocycles. The van der Waals surface area contributed by atoms with E-state index in [-0.39, 0.29) is 11.7 Å². The molecule has 1 amide bonds. The average molecular weight is 239 g/mol. The SMILES string of the molecule is Cc1nc(C(=O)NCCN2CCOCC2)n[nH]1. The fraction of sp³-hybridized carbons (Fsp3) is 0.700. The van der Waals surface area contributed by atoms with Crippen molar-refractivity contribution in [2.45, 2.75) is 6.92 Å². The van der Waals surface area contributed by atoms with Crippen molar-refractivity contribution in [3.8, 4) is 0 Å². The molecule has 1 aromatic rings. The lowest BCUT2D eigenvalue weighted by Crippen LogP contribution is -2.41. The smallest absolute Gasteiger partial charge is 0.291 e. The summed E-state index contributed by atoms with van der Waals surface area (Å²) in [6, 6.07) is 0. The standard InChI is InChI=1S/C10H17N5O2/c1-8-12-9(14-13-8)10(16)11-2-3-15-4-6-17-7-5-15/h2-7H2,1H3,(H,11,16)(H,12,13,14). The maximum atomic E-state index is 11.6. The molecule has 1 aliphatic rings. The van der Waals surface area contributed by atoms with Crippen LogP contribution in [0.3, 0.4) is 0 Å². The molecule has 1 saturated heterocycles. The van der Waals surface area contributed by atoms with Crippen molar-refractivity contribution in [2.24, 2.45) is 0 Å². The number of nitrogens with one attached hydrogen (secondary N) is 2. The monoisotopic (exact) mass is 239 g/mol. The van der Waals surface area contributed by atoms with E-state index >= 15 is 0 Å². The van der Waals surface area contributed by atoms with E-state index in [0.717, 1.165) is 32.8 Å². The lowest BCUT2D eigenvalue weighted by Gasteiger charge is -2.26. The predicted molar refractivity (Wildman–Crippen MR) is 60.7 cm³/mol. The lowest BCUT2D eigenvalue weighted by atomic mass is 10.4. The molecule has 17 heavy (non-hydrogen) atoms. The van der Waals surface area contributed by atoms with Gasteiger partial charge in [0.15, 0.2) is 0 Å². The van der Waals surface area contributed by atoms with Gasteiger partial charge in [-0.3, -0.25) is 14.8 Å². The minimum atomic E-state index is -0.234. The Morgan fingerprint density at radius 1 is 1.53 bits per heavy atom. The van der Waals surface area contributed by atoms with Gasteiger partial charge in [0.2, 0.25) is 5.82 Å². The summed E-state index contributed by atoms with van der Waals surface area (Å²) in [5.41, 5.74) is 0. The summed E-state index contributed by atoms with van der Waals surface area (Å²) in [7, 11) is 0. The lowest BCUT2D eigenvalue weighted by molar-refractivity contribution is 0.0383. The van der Waals surface area contributed by atoms with Crippen LogP contribution in [-0.2, 0) is 4.74 Å². The number of hydrogen-bond acceptors (Lipinski definition) is 5. The van der Waals surface area contributed by atoms with Crippen LogP contribution < -0.4 is 5.32 Å². The first kappa shape index (κ1) is 12.0. The molecule has 94 valence electrons. The third-order valence-electron chi connectivity index (χ3n) is 2.62. The molecule has 0 saturated carbocycles. The number of amides is 1. The fourth-order valence-corrected chi connectivity index (χ4v) is 1.68. The van der Waals surface area contributed by atoms with E-state index in [1.807, 2.05) is 0 Å². The number of ether oxygens (including phenoxy) is 1. The van der Waals surface area contributed by atoms with Crippen molar-refractivity contribution < 1.29 is 9.53 Å². The number of aromatic nitrogens is 3. The van der Waals surface area contributed by atoms with Crippen molar-refractivity contribution in [1.82, 2.24) is 25.4 Å². The molecule has 1 aromatic heterocycles. The number of hydrogen-bond donors (Lipinski definition) is 2. The van der Waals surface area contributed by atoms with Crippen LogP contribution in [0.5, 0.6) is 0 Å². The number of carbonyl (C=O) groups excluding carboxylic acids is 1. The maximum absolute atomic E-state index is 11.6. The largest absolute Gasteiger partial charge is 0.379 e. The van der Waals surface area contributed by atoms with E-state index in [0.29, 0.717) is 12.4 Å². The van der Waals surface area contributed by atoms with Gasteiger partial charge in [-0.25, -0.2) is 4.98 Å². The zero-order chi connectivity index (χ0) is 12.1. The molecule has 7 nitrogen and oxygen atoms in total. The van der Waals surface area contributed by atoms with E-state index in [9.17, 15) is 4.79 Å². The second-order valence-corrected chi connectivity index (χ2v) is 3.95. The summed E-state index contributed by atoms with van der Waals surface area (Å²) in [6.45, 7) is 6.59. The molecule has 0 bridgehead atoms. The highest BCUT2D eigenvalue weighted by Gasteiger charge is 2.12. The van der Waals surface area contributed by atoms with Gasteiger partial charge in [0.25, 0.3) is 5.91 Å². The van der Waals surface area contributed by atoms with Crippen LogP contribution in [-0.4, -0.2) is 65.4 Å². The summed E-state index contributed by atoms with van der Waals surface area (Å²) < 4.78 is 5.25. The highest BCUT2D eigenvalue weighted by atomic mass is 16.5. The van der Waals surface area contributed by atoms with E-state index in [1.54, 1.807) is 6.92 Å². The molecule has 0 unspecified atom stereocenters. The summed E-state index contributed by atoms with van der Waals surface area (Å²) in [5.74, 6) is 0.607. The molecule has 0 aromatic carbocycles. The summed E-state index contributed by atoms with van der Waals surface area (Å²) in [5, 5.41) is 9.23. The van der Waals surface area contributed by atoms with Gasteiger partial charge < -0.3 is 10.1 Å². The van der Waals surface area contributed by atoms with Crippen LogP contribution in [0.1, 0.15) is 16.4 Å². The van der Waals surface area contributed by atoms with E-state index in [1.165, 1.54) is 0 Å². The zero-order valence-corrected chi connectivity index (χ0v) is 9.90. The van der Waals surface area contributed by atoms with Gasteiger partial charge in [-0.1, -0.05) is 0 Å². The number of rotatable bonds is 4. The summed E-state index contributed by atoms with van der Waals surface area (Å²) in [6.07, 6.45) is 0. The number of morpholine rings is 1. The molecule has 2 heterocycles. The van der Waals surface area contributed by atoms with Crippen molar-refractivity contribution in [3.05, 3.63) is 11.6 Å². The number of carbonyl (C=O) groups is 1. The minimum Gasteiger partial charge on any atom is -0.379 e. The Kier molecular flexibility index (Phi) is 4.05. The predicted octanol–water partition coefficient (Wildman–Crippen LogP) is -0.825. The van der Waals surface area contributed by atoms with Gasteiger partial charge in [0, 0.05) is 26.2 Å². The van der Waals surface area contributed by atoms with Gasteiger partial charge in [0.05, 0.1) is 13.2 Å². The normalized spacial score (nSPS) is 17.0. The van der Waals surface area contributed by atoms with Crippen molar-refractivity contribution >= 4 is 5.91 Å². The van der Waals surface area contributed by atoms with E-state index in [4.69, 9.17) is 4.74 Å². The molecule has 7 heteroatoms. The van der Waals surface area contributed by atoms with E-state index < -0.39 is 0 Å². The first-order valence-corrected chi connectivity index (χ1v) is 5.73. The Balaban J connectivity index is 1.69. The highest BCUT2D eigenvalue weighted by Crippen LogP contribution is 1.95. The van der Waals surface area contributed by atoms with Crippen LogP contribution >= 0.6 is 0 Å². The minimum absolute atomic E-state index is 0.199. The second-order valence-electron chi connectivity index (χ2n) is 3.95. The van der Waals surface area contributed by atoms with E-state index in [2.05, 4.69) is 25.4 Å². The van der Waals surface area contributed by atoms with Crippen LogP contribution in [0, 0.1) is 6.92 Å². The molecular weight excluding hydrogens is 222 g/mol. The summed E-state index contributed by atoms with van der Waals surface area (Å²) >= 11 is 0. The molecule has 2 N–H and O–H groups in total. The number of nitrogens with zero attached hydrogens (tertiary/aromatic N) is 3. The quantitative estimate of drug-likeness (QED) is 0.717. The Morgan fingerprint density at radius 3 is 2.94 bits per heavy atom. The molecule has 0 radical (unpaired) electrons. The second kappa shape index (κ2) is 5.74. The molecule has 0 aliphatic carbocycles. The number of H-pyrrole nitrogens is 1. The van der Waals surface area contributed by atoms with Crippen molar-refractivity contribution in [1.29, 1.82) is 0 Å². The van der Waals surface area contributed by atoms with Gasteiger partial charge >= 0.3 is 0 Å². The Labute approximate surface area is 99.5 Å². The first-order chi connectivity index (χ1) is 8.25.